The maximum atomic E-state index is 12.1. The number of aliphatic carboxylic acids is 1. The molecule has 122 valence electrons. The highest BCUT2D eigenvalue weighted by Gasteiger charge is 2.30. The van der Waals surface area contributed by atoms with Crippen LogP contribution < -0.4 is 16.4 Å². The molecule has 0 aliphatic heterocycles. The third-order valence-electron chi connectivity index (χ3n) is 3.12. The molecule has 0 fully saturated rings. The van der Waals surface area contributed by atoms with Gasteiger partial charge in [0.1, 0.15) is 12.1 Å². The highest BCUT2D eigenvalue weighted by atomic mass is 32.1. The molecule has 0 saturated carbocycles. The largest absolute Gasteiger partial charge is 0.480 e. The summed E-state index contributed by atoms with van der Waals surface area (Å²) in [5, 5.41) is 22.4. The number of carboxylic acids is 1. The number of carbonyl (C=O) groups excluding carboxylic acids is 2. The van der Waals surface area contributed by atoms with E-state index in [4.69, 9.17) is 15.9 Å². The molecule has 0 unspecified atom stereocenters. The molecule has 0 spiro atoms. The Balaban J connectivity index is 4.94. The summed E-state index contributed by atoms with van der Waals surface area (Å²) in [6, 6.07) is -3.21. The van der Waals surface area contributed by atoms with Crippen LogP contribution >= 0.6 is 12.6 Å². The predicted molar refractivity (Wildman–Crippen MR) is 79.9 cm³/mol. The van der Waals surface area contributed by atoms with Gasteiger partial charge < -0.3 is 26.6 Å². The third-order valence-corrected chi connectivity index (χ3v) is 3.52. The summed E-state index contributed by atoms with van der Waals surface area (Å²) in [5.74, 6) is -2.68. The van der Waals surface area contributed by atoms with E-state index in [1.165, 1.54) is 0 Å². The number of aliphatic hydroxyl groups is 1. The fraction of sp³-hybridized carbons (Fsp3) is 0.750. The standard InChI is InChI=1S/C12H23N3O5S/c1-3-6(2)9(15-10(17)7(13)5-21)11(18)14-8(4-16)12(19)20/h6-9,16,21H,3-5,13H2,1-2H3,(H,14,18)(H,15,17)(H,19,20)/t6-,7-,8-,9-/m0/s1. The van der Waals surface area contributed by atoms with E-state index in [2.05, 4.69) is 23.3 Å². The Bertz CT molecular complexity index is 380. The van der Waals surface area contributed by atoms with Crippen molar-refractivity contribution < 1.29 is 24.6 Å². The number of nitrogens with two attached hydrogens (primary N) is 1. The quantitative estimate of drug-likeness (QED) is 0.281. The van der Waals surface area contributed by atoms with E-state index < -0.39 is 42.5 Å². The Hall–Kier alpha value is -1.32. The van der Waals surface area contributed by atoms with Gasteiger partial charge in [0, 0.05) is 5.75 Å². The zero-order valence-electron chi connectivity index (χ0n) is 12.1. The first-order valence-electron chi connectivity index (χ1n) is 6.59. The summed E-state index contributed by atoms with van der Waals surface area (Å²) in [6.45, 7) is 2.83. The molecule has 21 heavy (non-hydrogen) atoms. The van der Waals surface area contributed by atoms with Gasteiger partial charge >= 0.3 is 5.97 Å². The van der Waals surface area contributed by atoms with Crippen LogP contribution in [0.25, 0.3) is 0 Å². The van der Waals surface area contributed by atoms with Gasteiger partial charge in [-0.05, 0) is 5.92 Å². The van der Waals surface area contributed by atoms with E-state index in [0.29, 0.717) is 6.42 Å². The van der Waals surface area contributed by atoms with Crippen molar-refractivity contribution in [3.8, 4) is 0 Å². The number of carboxylic acid groups (broad SMARTS) is 1. The lowest BCUT2D eigenvalue weighted by atomic mass is 9.97. The topological polar surface area (TPSA) is 142 Å². The van der Waals surface area contributed by atoms with Crippen LogP contribution in [0.1, 0.15) is 20.3 Å². The van der Waals surface area contributed by atoms with Crippen LogP contribution in [0.3, 0.4) is 0 Å². The molecule has 0 aliphatic rings. The van der Waals surface area contributed by atoms with Crippen molar-refractivity contribution >= 4 is 30.4 Å². The molecule has 0 bridgehead atoms. The van der Waals surface area contributed by atoms with Gasteiger partial charge in [-0.15, -0.1) is 0 Å². The van der Waals surface area contributed by atoms with Gasteiger partial charge in [-0.1, -0.05) is 20.3 Å². The van der Waals surface area contributed by atoms with Crippen LogP contribution in [-0.4, -0.2) is 58.5 Å². The lowest BCUT2D eigenvalue weighted by Crippen LogP contribution is -2.57. The maximum absolute atomic E-state index is 12.1. The number of thiol groups is 1. The molecule has 4 atom stereocenters. The van der Waals surface area contributed by atoms with E-state index >= 15 is 0 Å². The molecule has 0 heterocycles. The second kappa shape index (κ2) is 9.59. The Morgan fingerprint density at radius 1 is 1.24 bits per heavy atom. The van der Waals surface area contributed by atoms with Crippen LogP contribution in [-0.2, 0) is 14.4 Å². The Labute approximate surface area is 128 Å². The molecule has 0 aliphatic carbocycles. The monoisotopic (exact) mass is 321 g/mol. The number of hydrogen-bond acceptors (Lipinski definition) is 6. The number of nitrogens with one attached hydrogen (secondary N) is 2. The number of hydrogen-bond donors (Lipinski definition) is 6. The maximum Gasteiger partial charge on any atom is 0.328 e. The van der Waals surface area contributed by atoms with Crippen molar-refractivity contribution in [2.24, 2.45) is 11.7 Å². The van der Waals surface area contributed by atoms with E-state index in [9.17, 15) is 14.4 Å². The smallest absolute Gasteiger partial charge is 0.328 e. The number of rotatable bonds is 9. The molecule has 0 saturated heterocycles. The average molecular weight is 321 g/mol. The van der Waals surface area contributed by atoms with Crippen LogP contribution in [0, 0.1) is 5.92 Å². The van der Waals surface area contributed by atoms with E-state index in [0.717, 1.165) is 0 Å². The summed E-state index contributed by atoms with van der Waals surface area (Å²) in [4.78, 5) is 34.7. The van der Waals surface area contributed by atoms with Gasteiger partial charge in [0.05, 0.1) is 12.6 Å². The molecule has 0 aromatic heterocycles. The minimum Gasteiger partial charge on any atom is -0.480 e. The average Bonchev–Trinajstić information content (AvgIpc) is 2.47. The SMILES string of the molecule is CC[C@H](C)[C@H](NC(=O)[C@@H](N)CS)C(=O)N[C@@H](CO)C(=O)O. The number of carbonyl (C=O) groups is 3. The van der Waals surface area contributed by atoms with E-state index in [-0.39, 0.29) is 11.7 Å². The van der Waals surface area contributed by atoms with Crippen LogP contribution in [0.4, 0.5) is 0 Å². The molecule has 0 aromatic rings. The first-order valence-corrected chi connectivity index (χ1v) is 7.22. The zero-order valence-corrected chi connectivity index (χ0v) is 13.0. The van der Waals surface area contributed by atoms with Gasteiger partial charge in [0.25, 0.3) is 0 Å². The Kier molecular flexibility index (Phi) is 8.98. The van der Waals surface area contributed by atoms with Gasteiger partial charge in [0.15, 0.2) is 0 Å². The normalized spacial score (nSPS) is 16.4. The fourth-order valence-electron chi connectivity index (χ4n) is 1.49. The van der Waals surface area contributed by atoms with Crippen molar-refractivity contribution in [3.05, 3.63) is 0 Å². The molecular weight excluding hydrogens is 298 g/mol. The lowest BCUT2D eigenvalue weighted by Gasteiger charge is -2.26. The minimum atomic E-state index is -1.42. The summed E-state index contributed by atoms with van der Waals surface area (Å²) in [5.41, 5.74) is 5.53. The third kappa shape index (κ3) is 6.32. The Morgan fingerprint density at radius 2 is 1.81 bits per heavy atom. The number of aliphatic hydroxyl groups excluding tert-OH is 1. The highest BCUT2D eigenvalue weighted by molar-refractivity contribution is 7.80. The molecular formula is C12H23N3O5S. The highest BCUT2D eigenvalue weighted by Crippen LogP contribution is 2.09. The molecule has 9 heteroatoms. The van der Waals surface area contributed by atoms with Crippen molar-refractivity contribution in [2.75, 3.05) is 12.4 Å². The molecule has 0 radical (unpaired) electrons. The zero-order chi connectivity index (χ0) is 16.6. The molecule has 2 amide bonds. The van der Waals surface area contributed by atoms with Gasteiger partial charge in [-0.3, -0.25) is 9.59 Å². The molecule has 0 aromatic carbocycles. The van der Waals surface area contributed by atoms with Gasteiger partial charge in [-0.25, -0.2) is 4.79 Å². The Morgan fingerprint density at radius 3 is 2.19 bits per heavy atom. The first-order chi connectivity index (χ1) is 9.78. The fourth-order valence-corrected chi connectivity index (χ4v) is 1.66. The lowest BCUT2D eigenvalue weighted by molar-refractivity contribution is -0.143. The van der Waals surface area contributed by atoms with Crippen molar-refractivity contribution in [2.45, 2.75) is 38.4 Å². The summed E-state index contributed by atoms with van der Waals surface area (Å²) < 4.78 is 0. The summed E-state index contributed by atoms with van der Waals surface area (Å²) in [6.07, 6.45) is 0.589. The van der Waals surface area contributed by atoms with Crippen LogP contribution in [0.15, 0.2) is 0 Å². The van der Waals surface area contributed by atoms with Crippen LogP contribution in [0.5, 0.6) is 0 Å². The first kappa shape index (κ1) is 19.7. The predicted octanol–water partition coefficient (Wildman–Crippen LogP) is -1.66. The summed E-state index contributed by atoms with van der Waals surface area (Å²) in [7, 11) is 0. The van der Waals surface area contributed by atoms with E-state index in [1.54, 1.807) is 6.92 Å². The molecule has 6 N–H and O–H groups in total. The van der Waals surface area contributed by atoms with Crippen molar-refractivity contribution in [1.82, 2.24) is 10.6 Å². The van der Waals surface area contributed by atoms with Crippen molar-refractivity contribution in [1.29, 1.82) is 0 Å². The number of amides is 2. The summed E-state index contributed by atoms with van der Waals surface area (Å²) >= 11 is 3.90. The van der Waals surface area contributed by atoms with Gasteiger partial charge in [-0.2, -0.15) is 12.6 Å². The van der Waals surface area contributed by atoms with E-state index in [1.807, 2.05) is 6.92 Å². The second-order valence-electron chi connectivity index (χ2n) is 4.74. The molecule has 8 nitrogen and oxygen atoms in total. The van der Waals surface area contributed by atoms with Crippen molar-refractivity contribution in [3.63, 3.8) is 0 Å². The molecule has 0 rings (SSSR count). The second-order valence-corrected chi connectivity index (χ2v) is 5.11. The van der Waals surface area contributed by atoms with Gasteiger partial charge in [0.2, 0.25) is 11.8 Å². The minimum absolute atomic E-state index is 0.120. The van der Waals surface area contributed by atoms with Crippen LogP contribution in [0.2, 0.25) is 0 Å².